The van der Waals surface area contributed by atoms with E-state index in [4.69, 9.17) is 4.42 Å². The summed E-state index contributed by atoms with van der Waals surface area (Å²) < 4.78 is 5.49. The Morgan fingerprint density at radius 2 is 2.12 bits per heavy atom. The van der Waals surface area contributed by atoms with Crippen LogP contribution in [0.4, 0.5) is 5.69 Å². The first-order valence-corrected chi connectivity index (χ1v) is 8.27. The van der Waals surface area contributed by atoms with Crippen LogP contribution in [-0.4, -0.2) is 32.8 Å². The van der Waals surface area contributed by atoms with Gasteiger partial charge in [-0.1, -0.05) is 31.7 Å². The van der Waals surface area contributed by atoms with Crippen LogP contribution in [0.2, 0.25) is 0 Å². The summed E-state index contributed by atoms with van der Waals surface area (Å²) in [7, 11) is 0. The summed E-state index contributed by atoms with van der Waals surface area (Å²) in [6.45, 7) is 6.38. The van der Waals surface area contributed by atoms with Gasteiger partial charge in [0.15, 0.2) is 0 Å². The maximum absolute atomic E-state index is 12.0. The molecule has 0 radical (unpaired) electrons. The van der Waals surface area contributed by atoms with E-state index >= 15 is 0 Å². The normalized spacial score (nSPS) is 12.2. The average Bonchev–Trinajstić information content (AvgIpc) is 3.01. The van der Waals surface area contributed by atoms with Crippen molar-refractivity contribution in [2.24, 2.45) is 5.92 Å². The fraction of sp³-hybridized carbons (Fsp3) is 0.400. The molecule has 2 aromatic rings. The van der Waals surface area contributed by atoms with Gasteiger partial charge in [-0.2, -0.15) is 0 Å². The van der Waals surface area contributed by atoms with E-state index in [1.807, 2.05) is 13.8 Å². The number of rotatable bonds is 7. The van der Waals surface area contributed by atoms with Gasteiger partial charge >= 0.3 is 0 Å². The first kappa shape index (κ1) is 17.9. The Kier molecular flexibility index (Phi) is 5.91. The van der Waals surface area contributed by atoms with Gasteiger partial charge in [0.25, 0.3) is 10.9 Å². The second kappa shape index (κ2) is 7.91. The quantitative estimate of drug-likeness (QED) is 0.464. The zero-order valence-electron chi connectivity index (χ0n) is 13.6. The molecule has 128 valence electrons. The van der Waals surface area contributed by atoms with Crippen molar-refractivity contribution in [1.82, 2.24) is 15.5 Å². The minimum Gasteiger partial charge on any atom is -0.411 e. The monoisotopic (exact) mass is 350 g/mol. The molecule has 0 bridgehead atoms. The lowest BCUT2D eigenvalue weighted by molar-refractivity contribution is -0.384. The van der Waals surface area contributed by atoms with Crippen molar-refractivity contribution in [2.45, 2.75) is 31.2 Å². The summed E-state index contributed by atoms with van der Waals surface area (Å²) in [5.74, 6) is 0.440. The molecule has 0 spiro atoms. The Hall–Kier alpha value is -2.42. The highest BCUT2D eigenvalue weighted by Gasteiger charge is 2.19. The second-order valence-corrected chi connectivity index (χ2v) is 6.87. The number of nitrogens with zero attached hydrogens (tertiary/aromatic N) is 3. The summed E-state index contributed by atoms with van der Waals surface area (Å²) in [4.78, 5) is 22.3. The number of carbonyl (C=O) groups is 1. The van der Waals surface area contributed by atoms with E-state index in [-0.39, 0.29) is 28.0 Å². The molecule has 9 heteroatoms. The van der Waals surface area contributed by atoms with E-state index in [2.05, 4.69) is 15.5 Å². The number of hydrogen-bond donors (Lipinski definition) is 1. The molecule has 1 N–H and O–H groups in total. The minimum absolute atomic E-state index is 0.0543. The zero-order valence-corrected chi connectivity index (χ0v) is 14.4. The van der Waals surface area contributed by atoms with Crippen molar-refractivity contribution in [2.75, 3.05) is 6.54 Å². The lowest BCUT2D eigenvalue weighted by Gasteiger charge is -2.11. The Morgan fingerprint density at radius 3 is 2.79 bits per heavy atom. The topological polar surface area (TPSA) is 111 Å². The van der Waals surface area contributed by atoms with Crippen LogP contribution in [0.1, 0.15) is 20.8 Å². The third kappa shape index (κ3) is 4.79. The highest BCUT2D eigenvalue weighted by Crippen LogP contribution is 2.27. The van der Waals surface area contributed by atoms with Gasteiger partial charge in [-0.05, 0) is 18.9 Å². The van der Waals surface area contributed by atoms with E-state index in [0.29, 0.717) is 18.0 Å². The average molecular weight is 350 g/mol. The summed E-state index contributed by atoms with van der Waals surface area (Å²) in [5, 5.41) is 21.3. The van der Waals surface area contributed by atoms with Crippen molar-refractivity contribution < 1.29 is 14.1 Å². The van der Waals surface area contributed by atoms with Crippen molar-refractivity contribution in [1.29, 1.82) is 0 Å². The standard InChI is InChI=1S/C15H18N4O4S/c1-9(2)8-16-13(20)10(3)24-15-18-17-14(23-15)11-5-4-6-12(7-11)19(21)22/h4-7,9-10H,8H2,1-3H3,(H,16,20)/t10-/m0/s1. The molecule has 1 amide bonds. The van der Waals surface area contributed by atoms with Crippen LogP contribution in [-0.2, 0) is 4.79 Å². The number of carbonyl (C=O) groups excluding carboxylic acids is 1. The van der Waals surface area contributed by atoms with Crippen LogP contribution in [0.3, 0.4) is 0 Å². The lowest BCUT2D eigenvalue weighted by atomic mass is 10.2. The molecule has 1 aromatic carbocycles. The molecule has 0 aliphatic rings. The molecule has 0 aliphatic heterocycles. The number of nitrogens with one attached hydrogen (secondary N) is 1. The van der Waals surface area contributed by atoms with Gasteiger partial charge in [0.1, 0.15) is 0 Å². The molecular formula is C15H18N4O4S. The molecule has 0 saturated carbocycles. The number of aromatic nitrogens is 2. The molecule has 1 heterocycles. The number of hydrogen-bond acceptors (Lipinski definition) is 7. The van der Waals surface area contributed by atoms with Gasteiger partial charge in [0, 0.05) is 24.2 Å². The molecule has 0 aliphatic carbocycles. The SMILES string of the molecule is CC(C)CNC(=O)[C@H](C)Sc1nnc(-c2cccc([N+](=O)[O-])c2)o1. The van der Waals surface area contributed by atoms with Gasteiger partial charge in [0.2, 0.25) is 11.8 Å². The van der Waals surface area contributed by atoms with Gasteiger partial charge in [-0.3, -0.25) is 14.9 Å². The molecule has 2 rings (SSSR count). The maximum atomic E-state index is 12.0. The molecule has 0 saturated heterocycles. The maximum Gasteiger partial charge on any atom is 0.277 e. The zero-order chi connectivity index (χ0) is 17.7. The highest BCUT2D eigenvalue weighted by atomic mass is 32.2. The fourth-order valence-electron chi connectivity index (χ4n) is 1.78. The number of thioether (sulfide) groups is 1. The van der Waals surface area contributed by atoms with Gasteiger partial charge in [-0.15, -0.1) is 10.2 Å². The first-order valence-electron chi connectivity index (χ1n) is 7.39. The summed E-state index contributed by atoms with van der Waals surface area (Å²) in [6.07, 6.45) is 0. The Balaban J connectivity index is 2.04. The summed E-state index contributed by atoms with van der Waals surface area (Å²) in [6, 6.07) is 5.94. The van der Waals surface area contributed by atoms with E-state index < -0.39 is 4.92 Å². The molecule has 0 fully saturated rings. The van der Waals surface area contributed by atoms with Crippen molar-refractivity contribution >= 4 is 23.4 Å². The number of non-ortho nitro benzene ring substituents is 1. The molecule has 24 heavy (non-hydrogen) atoms. The van der Waals surface area contributed by atoms with Crippen LogP contribution in [0.5, 0.6) is 0 Å². The van der Waals surface area contributed by atoms with Gasteiger partial charge < -0.3 is 9.73 Å². The van der Waals surface area contributed by atoms with Gasteiger partial charge in [0.05, 0.1) is 10.2 Å². The van der Waals surface area contributed by atoms with Gasteiger partial charge in [-0.25, -0.2) is 0 Å². The Bertz CT molecular complexity index is 732. The second-order valence-electron chi connectivity index (χ2n) is 5.58. The van der Waals surface area contributed by atoms with E-state index in [0.717, 1.165) is 11.8 Å². The van der Waals surface area contributed by atoms with E-state index in [9.17, 15) is 14.9 Å². The number of benzene rings is 1. The number of nitro benzene ring substituents is 1. The third-order valence-electron chi connectivity index (χ3n) is 3.04. The summed E-state index contributed by atoms with van der Waals surface area (Å²) in [5.41, 5.74) is 0.404. The van der Waals surface area contributed by atoms with Crippen LogP contribution < -0.4 is 5.32 Å². The molecule has 0 unspecified atom stereocenters. The first-order chi connectivity index (χ1) is 11.4. The molecular weight excluding hydrogens is 332 g/mol. The summed E-state index contributed by atoms with van der Waals surface area (Å²) >= 11 is 1.14. The minimum atomic E-state index is -0.489. The highest BCUT2D eigenvalue weighted by molar-refractivity contribution is 8.00. The van der Waals surface area contributed by atoms with Crippen LogP contribution in [0, 0.1) is 16.0 Å². The Morgan fingerprint density at radius 1 is 1.38 bits per heavy atom. The van der Waals surface area contributed by atoms with E-state index in [1.165, 1.54) is 12.1 Å². The van der Waals surface area contributed by atoms with E-state index in [1.54, 1.807) is 19.1 Å². The Labute approximate surface area is 143 Å². The van der Waals surface area contributed by atoms with Crippen LogP contribution >= 0.6 is 11.8 Å². The smallest absolute Gasteiger partial charge is 0.277 e. The fourth-order valence-corrected chi connectivity index (χ4v) is 2.49. The van der Waals surface area contributed by atoms with Crippen LogP contribution in [0.25, 0.3) is 11.5 Å². The largest absolute Gasteiger partial charge is 0.411 e. The third-order valence-corrected chi connectivity index (χ3v) is 3.98. The predicted molar refractivity (Wildman–Crippen MR) is 89.6 cm³/mol. The number of nitro groups is 1. The van der Waals surface area contributed by atoms with Crippen molar-refractivity contribution in [3.8, 4) is 11.5 Å². The predicted octanol–water partition coefficient (Wildman–Crippen LogP) is 2.90. The van der Waals surface area contributed by atoms with Crippen molar-refractivity contribution in [3.05, 3.63) is 34.4 Å². The molecule has 1 aromatic heterocycles. The molecule has 1 atom stereocenters. The van der Waals surface area contributed by atoms with Crippen LogP contribution in [0.15, 0.2) is 33.9 Å². The lowest BCUT2D eigenvalue weighted by Crippen LogP contribution is -2.33. The molecule has 8 nitrogen and oxygen atoms in total. The number of amides is 1. The van der Waals surface area contributed by atoms with Crippen molar-refractivity contribution in [3.63, 3.8) is 0 Å².